The maximum atomic E-state index is 9.13. The van der Waals surface area contributed by atoms with Gasteiger partial charge in [0.05, 0.1) is 11.7 Å². The number of rotatable bonds is 5. The van der Waals surface area contributed by atoms with Crippen LogP contribution in [0.1, 0.15) is 25.8 Å². The molecule has 1 unspecified atom stereocenters. The minimum atomic E-state index is -0.294. The second-order valence-corrected chi connectivity index (χ2v) is 4.86. The summed E-state index contributed by atoms with van der Waals surface area (Å²) in [4.78, 5) is 0. The zero-order valence-electron chi connectivity index (χ0n) is 10.9. The van der Waals surface area contributed by atoms with E-state index >= 15 is 0 Å². The Kier molecular flexibility index (Phi) is 4.53. The van der Waals surface area contributed by atoms with Crippen LogP contribution in [0.5, 0.6) is 0 Å². The van der Waals surface area contributed by atoms with Crippen molar-refractivity contribution in [2.24, 2.45) is 0 Å². The Labute approximate surface area is 103 Å². The van der Waals surface area contributed by atoms with Gasteiger partial charge in [-0.3, -0.25) is 0 Å². The predicted octanol–water partition coefficient (Wildman–Crippen LogP) is 3.11. The third-order valence-corrected chi connectivity index (χ3v) is 2.80. The van der Waals surface area contributed by atoms with Gasteiger partial charge in [-0.1, -0.05) is 17.7 Å². The molecule has 17 heavy (non-hydrogen) atoms. The molecular weight excluding hydrogens is 212 g/mol. The summed E-state index contributed by atoms with van der Waals surface area (Å²) in [6, 6.07) is 10.0. The number of ether oxygens (including phenoxy) is 1. The first-order chi connectivity index (χ1) is 7.96. The monoisotopic (exact) mass is 232 g/mol. The average molecular weight is 232 g/mol. The van der Waals surface area contributed by atoms with E-state index in [1.54, 1.807) is 7.11 Å². The number of anilines is 1. The first kappa shape index (κ1) is 13.5. The van der Waals surface area contributed by atoms with Gasteiger partial charge in [-0.05, 0) is 32.9 Å². The van der Waals surface area contributed by atoms with Crippen LogP contribution in [0.2, 0.25) is 0 Å². The Hall–Kier alpha value is -1.53. The molecule has 3 heteroatoms. The highest BCUT2D eigenvalue weighted by atomic mass is 16.5. The smallest absolute Gasteiger partial charge is 0.117 e. The highest BCUT2D eigenvalue weighted by Gasteiger charge is 2.22. The fourth-order valence-corrected chi connectivity index (χ4v) is 1.55. The first-order valence-electron chi connectivity index (χ1n) is 5.75. The predicted molar refractivity (Wildman–Crippen MR) is 69.9 cm³/mol. The lowest BCUT2D eigenvalue weighted by Crippen LogP contribution is -2.32. The van der Waals surface area contributed by atoms with E-state index in [0.717, 1.165) is 5.69 Å². The molecule has 1 atom stereocenters. The molecule has 0 aromatic heterocycles. The molecule has 0 aliphatic rings. The van der Waals surface area contributed by atoms with E-state index in [-0.39, 0.29) is 11.6 Å². The highest BCUT2D eigenvalue weighted by molar-refractivity contribution is 5.46. The Bertz CT molecular complexity index is 390. The summed E-state index contributed by atoms with van der Waals surface area (Å²) in [7, 11) is 1.67. The Morgan fingerprint density at radius 2 is 1.94 bits per heavy atom. The largest absolute Gasteiger partial charge is 0.379 e. The third-order valence-electron chi connectivity index (χ3n) is 2.80. The molecule has 0 heterocycles. The Balaban J connectivity index is 2.65. The fraction of sp³-hybridized carbons (Fsp3) is 0.500. The summed E-state index contributed by atoms with van der Waals surface area (Å²) in [5, 5.41) is 12.3. The first-order valence-corrected chi connectivity index (χ1v) is 5.75. The van der Waals surface area contributed by atoms with Crippen molar-refractivity contribution >= 4 is 5.69 Å². The summed E-state index contributed by atoms with van der Waals surface area (Å²) < 4.78 is 5.34. The van der Waals surface area contributed by atoms with Gasteiger partial charge in [0.15, 0.2) is 0 Å². The van der Waals surface area contributed by atoms with Crippen LogP contribution in [-0.2, 0) is 4.74 Å². The van der Waals surface area contributed by atoms with Gasteiger partial charge in [0.25, 0.3) is 0 Å². The maximum Gasteiger partial charge on any atom is 0.117 e. The topological polar surface area (TPSA) is 45.0 Å². The van der Waals surface area contributed by atoms with Gasteiger partial charge in [0, 0.05) is 19.2 Å². The van der Waals surface area contributed by atoms with Crippen LogP contribution in [0.4, 0.5) is 5.69 Å². The molecule has 0 saturated carbocycles. The second kappa shape index (κ2) is 5.70. The molecule has 0 radical (unpaired) electrons. The van der Waals surface area contributed by atoms with E-state index in [4.69, 9.17) is 10.00 Å². The summed E-state index contributed by atoms with van der Waals surface area (Å²) >= 11 is 0. The quantitative estimate of drug-likeness (QED) is 0.848. The van der Waals surface area contributed by atoms with Gasteiger partial charge in [-0.25, -0.2) is 0 Å². The van der Waals surface area contributed by atoms with Gasteiger partial charge in [0.2, 0.25) is 0 Å². The minimum Gasteiger partial charge on any atom is -0.379 e. The highest BCUT2D eigenvalue weighted by Crippen LogP contribution is 2.18. The Morgan fingerprint density at radius 1 is 1.35 bits per heavy atom. The van der Waals surface area contributed by atoms with Crippen molar-refractivity contribution in [3.63, 3.8) is 0 Å². The van der Waals surface area contributed by atoms with Crippen molar-refractivity contribution in [2.45, 2.75) is 38.8 Å². The number of hydrogen-bond acceptors (Lipinski definition) is 3. The van der Waals surface area contributed by atoms with Crippen LogP contribution < -0.4 is 5.32 Å². The zero-order chi connectivity index (χ0) is 12.9. The van der Waals surface area contributed by atoms with Crippen LogP contribution in [0.3, 0.4) is 0 Å². The fourth-order valence-electron chi connectivity index (χ4n) is 1.55. The molecule has 0 aliphatic heterocycles. The van der Waals surface area contributed by atoms with Crippen LogP contribution in [0.15, 0.2) is 24.3 Å². The molecule has 92 valence electrons. The number of nitrogens with zero attached hydrogens (tertiary/aromatic N) is 1. The van der Waals surface area contributed by atoms with Crippen molar-refractivity contribution in [1.82, 2.24) is 0 Å². The van der Waals surface area contributed by atoms with Crippen LogP contribution >= 0.6 is 0 Å². The lowest BCUT2D eigenvalue weighted by molar-refractivity contribution is 0.0148. The third kappa shape index (κ3) is 4.46. The molecule has 0 amide bonds. The summed E-state index contributed by atoms with van der Waals surface area (Å²) in [6.07, 6.45) is 0.647. The number of nitriles is 1. The van der Waals surface area contributed by atoms with E-state index in [0.29, 0.717) is 6.42 Å². The van der Waals surface area contributed by atoms with Gasteiger partial charge >= 0.3 is 0 Å². The molecule has 0 aliphatic carbocycles. The lowest BCUT2D eigenvalue weighted by Gasteiger charge is -2.26. The van der Waals surface area contributed by atoms with Crippen LogP contribution in [0, 0.1) is 18.3 Å². The molecule has 0 spiro atoms. The summed E-state index contributed by atoms with van der Waals surface area (Å²) in [6.45, 7) is 6.00. The van der Waals surface area contributed by atoms with Crippen LogP contribution in [-0.4, -0.2) is 18.8 Å². The average Bonchev–Trinajstić information content (AvgIpc) is 2.31. The maximum absolute atomic E-state index is 9.13. The number of hydrogen-bond donors (Lipinski definition) is 1. The molecule has 1 rings (SSSR count). The van der Waals surface area contributed by atoms with Crippen molar-refractivity contribution in [3.05, 3.63) is 29.8 Å². The van der Waals surface area contributed by atoms with E-state index < -0.39 is 0 Å². The number of methoxy groups -OCH3 is 1. The molecule has 0 saturated heterocycles. The van der Waals surface area contributed by atoms with Gasteiger partial charge in [-0.15, -0.1) is 0 Å². The SMILES string of the molecule is COC(C)(C)CC(C#N)Nc1ccc(C)cc1. The number of nitrogens with one attached hydrogen (secondary N) is 1. The van der Waals surface area contributed by atoms with E-state index in [1.165, 1.54) is 5.56 Å². The standard InChI is InChI=1S/C14H20N2O/c1-11-5-7-12(8-6-11)16-13(10-15)9-14(2,3)17-4/h5-8,13,16H,9H2,1-4H3. The van der Waals surface area contributed by atoms with E-state index in [1.807, 2.05) is 45.0 Å². The lowest BCUT2D eigenvalue weighted by atomic mass is 9.99. The van der Waals surface area contributed by atoms with Crippen molar-refractivity contribution in [2.75, 3.05) is 12.4 Å². The molecule has 0 fully saturated rings. The zero-order valence-corrected chi connectivity index (χ0v) is 10.9. The summed E-state index contributed by atoms with van der Waals surface area (Å²) in [5.41, 5.74) is 1.88. The number of benzene rings is 1. The Morgan fingerprint density at radius 3 is 2.41 bits per heavy atom. The second-order valence-electron chi connectivity index (χ2n) is 4.86. The number of aryl methyl sites for hydroxylation is 1. The summed E-state index contributed by atoms with van der Waals surface area (Å²) in [5.74, 6) is 0. The van der Waals surface area contributed by atoms with Gasteiger partial charge < -0.3 is 10.1 Å². The molecule has 3 nitrogen and oxygen atoms in total. The van der Waals surface area contributed by atoms with Crippen molar-refractivity contribution in [3.8, 4) is 6.07 Å². The molecule has 1 N–H and O–H groups in total. The minimum absolute atomic E-state index is 0.243. The van der Waals surface area contributed by atoms with Crippen LogP contribution in [0.25, 0.3) is 0 Å². The normalized spacial score (nSPS) is 12.9. The van der Waals surface area contributed by atoms with E-state index in [9.17, 15) is 0 Å². The van der Waals surface area contributed by atoms with Crippen molar-refractivity contribution in [1.29, 1.82) is 5.26 Å². The molecule has 0 bridgehead atoms. The molecule has 1 aromatic rings. The van der Waals surface area contributed by atoms with Gasteiger partial charge in [0.1, 0.15) is 6.04 Å². The van der Waals surface area contributed by atoms with Gasteiger partial charge in [-0.2, -0.15) is 5.26 Å². The molecular formula is C14H20N2O. The molecule has 1 aromatic carbocycles. The van der Waals surface area contributed by atoms with Crippen molar-refractivity contribution < 1.29 is 4.74 Å². The van der Waals surface area contributed by atoms with E-state index in [2.05, 4.69) is 11.4 Å².